The Hall–Kier alpha value is -1.20. The van der Waals surface area contributed by atoms with Crippen LogP contribution in [0.2, 0.25) is 0 Å². The van der Waals surface area contributed by atoms with E-state index in [1.807, 2.05) is 17.0 Å². The Kier molecular flexibility index (Phi) is 5.31. The molecule has 5 heteroatoms. The summed E-state index contributed by atoms with van der Waals surface area (Å²) in [6, 6.07) is 3.78. The molecule has 1 aromatic heterocycles. The Morgan fingerprint density at radius 2 is 2.30 bits per heavy atom. The van der Waals surface area contributed by atoms with Crippen LogP contribution in [-0.4, -0.2) is 53.5 Å². The van der Waals surface area contributed by atoms with Gasteiger partial charge in [-0.2, -0.15) is 0 Å². The summed E-state index contributed by atoms with van der Waals surface area (Å²) in [4.78, 5) is 6.24. The van der Waals surface area contributed by atoms with E-state index in [9.17, 15) is 4.39 Å². The predicted molar refractivity (Wildman–Crippen MR) is 75.8 cm³/mol. The number of halogens is 1. The van der Waals surface area contributed by atoms with Gasteiger partial charge in [0.2, 0.25) is 0 Å². The standard InChI is InChI=1S/C15H23FN2O2/c1-11(2)14-4-3-12(9-17-14)20-15-5-6-18(7-8-19)10-13(15)16/h3-4,9,11,13,15,19H,5-8,10H2,1-2H3/t13-,15-/m0/s1. The molecule has 20 heavy (non-hydrogen) atoms. The fourth-order valence-electron chi connectivity index (χ4n) is 2.40. The number of rotatable bonds is 5. The van der Waals surface area contributed by atoms with E-state index in [-0.39, 0.29) is 6.61 Å². The minimum Gasteiger partial charge on any atom is -0.486 e. The Morgan fingerprint density at radius 3 is 2.85 bits per heavy atom. The maximum Gasteiger partial charge on any atom is 0.149 e. The van der Waals surface area contributed by atoms with E-state index < -0.39 is 12.3 Å². The molecule has 0 radical (unpaired) electrons. The van der Waals surface area contributed by atoms with Crippen LogP contribution in [0.3, 0.4) is 0 Å². The maximum absolute atomic E-state index is 14.0. The second kappa shape index (κ2) is 6.99. The van der Waals surface area contributed by atoms with Crippen LogP contribution >= 0.6 is 0 Å². The van der Waals surface area contributed by atoms with E-state index in [0.717, 1.165) is 12.2 Å². The van der Waals surface area contributed by atoms with Gasteiger partial charge in [-0.3, -0.25) is 9.88 Å². The van der Waals surface area contributed by atoms with Crippen molar-refractivity contribution in [2.45, 2.75) is 38.5 Å². The number of ether oxygens (including phenoxy) is 1. The van der Waals surface area contributed by atoms with Crippen LogP contribution in [0.15, 0.2) is 18.3 Å². The van der Waals surface area contributed by atoms with Crippen LogP contribution < -0.4 is 4.74 Å². The Labute approximate surface area is 119 Å². The van der Waals surface area contributed by atoms with Gasteiger partial charge in [-0.05, 0) is 24.5 Å². The van der Waals surface area contributed by atoms with Crippen LogP contribution in [0.4, 0.5) is 4.39 Å². The Balaban J connectivity index is 1.90. The zero-order valence-corrected chi connectivity index (χ0v) is 12.1. The van der Waals surface area contributed by atoms with Gasteiger partial charge in [0.15, 0.2) is 0 Å². The van der Waals surface area contributed by atoms with E-state index in [1.54, 1.807) is 6.20 Å². The maximum atomic E-state index is 14.0. The SMILES string of the molecule is CC(C)c1ccc(O[C@H]2CCN(CCO)C[C@@H]2F)cn1. The lowest BCUT2D eigenvalue weighted by molar-refractivity contribution is 0.0166. The number of alkyl halides is 1. The summed E-state index contributed by atoms with van der Waals surface area (Å²) < 4.78 is 19.7. The summed E-state index contributed by atoms with van der Waals surface area (Å²) in [6.07, 6.45) is 0.853. The molecule has 4 nitrogen and oxygen atoms in total. The lowest BCUT2D eigenvalue weighted by Gasteiger charge is -2.34. The van der Waals surface area contributed by atoms with Gasteiger partial charge < -0.3 is 9.84 Å². The minimum absolute atomic E-state index is 0.0683. The van der Waals surface area contributed by atoms with Crippen molar-refractivity contribution in [3.63, 3.8) is 0 Å². The number of aliphatic hydroxyl groups excluding tert-OH is 1. The topological polar surface area (TPSA) is 45.6 Å². The van der Waals surface area contributed by atoms with Crippen LogP contribution in [-0.2, 0) is 0 Å². The molecule has 0 aromatic carbocycles. The van der Waals surface area contributed by atoms with E-state index in [1.165, 1.54) is 0 Å². The third-order valence-corrected chi connectivity index (χ3v) is 3.62. The van der Waals surface area contributed by atoms with Gasteiger partial charge in [-0.15, -0.1) is 0 Å². The van der Waals surface area contributed by atoms with E-state index in [2.05, 4.69) is 18.8 Å². The first kappa shape index (κ1) is 15.2. The van der Waals surface area contributed by atoms with Crippen LogP contribution in [0.5, 0.6) is 5.75 Å². The fraction of sp³-hybridized carbons (Fsp3) is 0.667. The van der Waals surface area contributed by atoms with Crippen molar-refractivity contribution in [1.29, 1.82) is 0 Å². The molecule has 1 saturated heterocycles. The van der Waals surface area contributed by atoms with Crippen molar-refractivity contribution in [2.24, 2.45) is 0 Å². The van der Waals surface area contributed by atoms with Crippen molar-refractivity contribution in [2.75, 3.05) is 26.2 Å². The second-order valence-corrected chi connectivity index (χ2v) is 5.56. The highest BCUT2D eigenvalue weighted by molar-refractivity contribution is 5.21. The van der Waals surface area contributed by atoms with Gasteiger partial charge in [-0.25, -0.2) is 4.39 Å². The zero-order chi connectivity index (χ0) is 14.5. The number of likely N-dealkylation sites (tertiary alicyclic amines) is 1. The number of aliphatic hydroxyl groups is 1. The number of hydrogen-bond donors (Lipinski definition) is 1. The smallest absolute Gasteiger partial charge is 0.149 e. The summed E-state index contributed by atoms with van der Waals surface area (Å²) in [6.45, 7) is 5.83. The molecule has 0 unspecified atom stereocenters. The van der Waals surface area contributed by atoms with Crippen LogP contribution in [0.25, 0.3) is 0 Å². The Bertz CT molecular complexity index is 411. The van der Waals surface area contributed by atoms with Gasteiger partial charge in [0.05, 0.1) is 12.8 Å². The second-order valence-electron chi connectivity index (χ2n) is 5.56. The number of hydrogen-bond acceptors (Lipinski definition) is 4. The lowest BCUT2D eigenvalue weighted by Crippen LogP contribution is -2.47. The summed E-state index contributed by atoms with van der Waals surface area (Å²) in [5.74, 6) is 0.998. The molecule has 0 aliphatic carbocycles. The molecular formula is C15H23FN2O2. The van der Waals surface area contributed by atoms with Gasteiger partial charge in [-0.1, -0.05) is 13.8 Å². The quantitative estimate of drug-likeness (QED) is 0.897. The van der Waals surface area contributed by atoms with Gasteiger partial charge in [0.1, 0.15) is 18.0 Å². The molecule has 1 aromatic rings. The van der Waals surface area contributed by atoms with Crippen LogP contribution in [0, 0.1) is 0 Å². The normalized spacial score (nSPS) is 24.1. The first-order valence-corrected chi connectivity index (χ1v) is 7.20. The third-order valence-electron chi connectivity index (χ3n) is 3.62. The van der Waals surface area contributed by atoms with E-state index >= 15 is 0 Å². The predicted octanol–water partition coefficient (Wildman–Crippen LogP) is 1.99. The molecular weight excluding hydrogens is 259 g/mol. The van der Waals surface area contributed by atoms with Gasteiger partial charge >= 0.3 is 0 Å². The largest absolute Gasteiger partial charge is 0.486 e. The monoisotopic (exact) mass is 282 g/mol. The number of nitrogens with zero attached hydrogens (tertiary/aromatic N) is 2. The highest BCUT2D eigenvalue weighted by Gasteiger charge is 2.30. The Morgan fingerprint density at radius 1 is 1.50 bits per heavy atom. The van der Waals surface area contributed by atoms with Crippen molar-refractivity contribution >= 4 is 0 Å². The van der Waals surface area contributed by atoms with E-state index in [4.69, 9.17) is 9.84 Å². The molecule has 2 rings (SSSR count). The average Bonchev–Trinajstić information content (AvgIpc) is 2.43. The molecule has 2 atom stereocenters. The summed E-state index contributed by atoms with van der Waals surface area (Å²) >= 11 is 0. The highest BCUT2D eigenvalue weighted by atomic mass is 19.1. The first-order valence-electron chi connectivity index (χ1n) is 7.20. The summed E-state index contributed by atoms with van der Waals surface area (Å²) in [7, 11) is 0. The molecule has 1 aliphatic heterocycles. The van der Waals surface area contributed by atoms with Crippen molar-refractivity contribution in [1.82, 2.24) is 9.88 Å². The van der Waals surface area contributed by atoms with Crippen molar-refractivity contribution in [3.8, 4) is 5.75 Å². The molecule has 0 spiro atoms. The number of β-amino-alcohol motifs (C(OH)–C–C–N with tert-alkyl or cyclic N) is 1. The van der Waals surface area contributed by atoms with Crippen molar-refractivity contribution < 1.29 is 14.2 Å². The molecule has 0 bridgehead atoms. The zero-order valence-electron chi connectivity index (χ0n) is 12.1. The van der Waals surface area contributed by atoms with Crippen LogP contribution in [0.1, 0.15) is 31.9 Å². The average molecular weight is 282 g/mol. The van der Waals surface area contributed by atoms with E-state index in [0.29, 0.717) is 31.2 Å². The minimum atomic E-state index is -1.03. The fourth-order valence-corrected chi connectivity index (χ4v) is 2.40. The van der Waals surface area contributed by atoms with Crippen molar-refractivity contribution in [3.05, 3.63) is 24.0 Å². The lowest BCUT2D eigenvalue weighted by atomic mass is 10.1. The number of piperidine rings is 1. The molecule has 0 saturated carbocycles. The molecule has 0 amide bonds. The van der Waals surface area contributed by atoms with Gasteiger partial charge in [0.25, 0.3) is 0 Å². The molecule has 1 N–H and O–H groups in total. The third kappa shape index (κ3) is 3.90. The first-order chi connectivity index (χ1) is 9.60. The molecule has 2 heterocycles. The highest BCUT2D eigenvalue weighted by Crippen LogP contribution is 2.22. The number of aromatic nitrogens is 1. The summed E-state index contributed by atoms with van der Waals surface area (Å²) in [5.41, 5.74) is 1.01. The number of pyridine rings is 1. The molecule has 1 aliphatic rings. The molecule has 112 valence electrons. The van der Waals surface area contributed by atoms with Gasteiger partial charge in [0, 0.05) is 25.3 Å². The summed E-state index contributed by atoms with van der Waals surface area (Å²) in [5, 5.41) is 8.87. The molecule has 1 fully saturated rings.